The first-order valence-corrected chi connectivity index (χ1v) is 4.63. The fraction of sp³-hybridized carbons (Fsp3) is 0.100. The van der Waals surface area contributed by atoms with E-state index in [0.29, 0.717) is 5.95 Å². The molecule has 0 saturated heterocycles. The zero-order valence-corrected chi connectivity index (χ0v) is 8.96. The summed E-state index contributed by atoms with van der Waals surface area (Å²) in [6.07, 6.45) is 2.89. The van der Waals surface area contributed by atoms with Gasteiger partial charge in [0.1, 0.15) is 12.7 Å². The zero-order valence-electron chi connectivity index (χ0n) is 8.96. The predicted molar refractivity (Wildman–Crippen MR) is 64.6 cm³/mol. The number of aromatic nitrogens is 3. The van der Waals surface area contributed by atoms with Crippen LogP contribution >= 0.6 is 0 Å². The minimum absolute atomic E-state index is 0.597. The van der Waals surface area contributed by atoms with Crippen molar-refractivity contribution in [3.8, 4) is 0 Å². The molecule has 1 heterocycles. The van der Waals surface area contributed by atoms with Gasteiger partial charge in [-0.2, -0.15) is 0 Å². The number of anilines is 3. The molecule has 0 aliphatic heterocycles. The molecule has 84 valence electrons. The lowest BCUT2D eigenvalue weighted by atomic mass is 10.3. The summed E-state index contributed by atoms with van der Waals surface area (Å²) in [7, 11) is 1.76. The predicted octanol–water partition coefficient (Wildman–Crippen LogP) is 0.764. The fourth-order valence-electron chi connectivity index (χ4n) is 0.864. The summed E-state index contributed by atoms with van der Waals surface area (Å²) in [4.78, 5) is 11.2. The molecule has 0 saturated carbocycles. The van der Waals surface area contributed by atoms with Gasteiger partial charge in [-0.1, -0.05) is 0 Å². The number of rotatable bonds is 1. The molecule has 0 unspecified atom stereocenters. The molecule has 0 atom stereocenters. The Kier molecular flexibility index (Phi) is 4.52. The monoisotopic (exact) mass is 218 g/mol. The second-order valence-electron chi connectivity index (χ2n) is 2.88. The molecule has 5 N–H and O–H groups in total. The average molecular weight is 218 g/mol. The van der Waals surface area contributed by atoms with E-state index in [1.807, 2.05) is 0 Å². The minimum atomic E-state index is 0.597. The van der Waals surface area contributed by atoms with Gasteiger partial charge in [0.05, 0.1) is 0 Å². The summed E-state index contributed by atoms with van der Waals surface area (Å²) < 4.78 is 0. The molecule has 1 aromatic heterocycles. The molecule has 16 heavy (non-hydrogen) atoms. The number of nitrogen functional groups attached to an aromatic ring is 2. The second-order valence-corrected chi connectivity index (χ2v) is 2.88. The molecular formula is C10H14N6. The maximum absolute atomic E-state index is 5.37. The maximum Gasteiger partial charge on any atom is 0.225 e. The third-order valence-corrected chi connectivity index (χ3v) is 1.65. The van der Waals surface area contributed by atoms with Crippen molar-refractivity contribution in [2.75, 3.05) is 23.8 Å². The first-order chi connectivity index (χ1) is 7.72. The van der Waals surface area contributed by atoms with Gasteiger partial charge in [-0.3, -0.25) is 0 Å². The summed E-state index contributed by atoms with van der Waals surface area (Å²) >= 11 is 0. The van der Waals surface area contributed by atoms with Crippen LogP contribution in [0.1, 0.15) is 0 Å². The van der Waals surface area contributed by atoms with Crippen molar-refractivity contribution in [1.29, 1.82) is 0 Å². The summed E-state index contributed by atoms with van der Waals surface area (Å²) in [6.45, 7) is 0. The van der Waals surface area contributed by atoms with Crippen LogP contribution in [0.5, 0.6) is 0 Å². The van der Waals surface area contributed by atoms with Crippen molar-refractivity contribution < 1.29 is 0 Å². The van der Waals surface area contributed by atoms with Gasteiger partial charge in [-0.05, 0) is 24.3 Å². The van der Waals surface area contributed by atoms with Gasteiger partial charge in [0.25, 0.3) is 0 Å². The highest BCUT2D eigenvalue weighted by atomic mass is 15.1. The third-order valence-electron chi connectivity index (χ3n) is 1.65. The lowest BCUT2D eigenvalue weighted by Gasteiger charge is -1.90. The summed E-state index contributed by atoms with van der Waals surface area (Å²) in [6, 6.07) is 7.09. The fourth-order valence-corrected chi connectivity index (χ4v) is 0.864. The van der Waals surface area contributed by atoms with Crippen molar-refractivity contribution >= 4 is 17.3 Å². The Labute approximate surface area is 93.7 Å². The van der Waals surface area contributed by atoms with E-state index in [0.717, 1.165) is 11.4 Å². The van der Waals surface area contributed by atoms with Crippen LogP contribution in [0.15, 0.2) is 36.9 Å². The van der Waals surface area contributed by atoms with Gasteiger partial charge in [0.2, 0.25) is 5.95 Å². The number of nitrogens with one attached hydrogen (secondary N) is 1. The smallest absolute Gasteiger partial charge is 0.225 e. The Bertz CT molecular complexity index is 378. The lowest BCUT2D eigenvalue weighted by Crippen LogP contribution is -1.94. The number of benzene rings is 1. The molecule has 2 rings (SSSR count). The van der Waals surface area contributed by atoms with Crippen LogP contribution in [0.25, 0.3) is 0 Å². The normalized spacial score (nSPS) is 8.81. The summed E-state index contributed by atoms with van der Waals surface area (Å²) in [5.74, 6) is 0.597. The van der Waals surface area contributed by atoms with E-state index in [-0.39, 0.29) is 0 Å². The topological polar surface area (TPSA) is 103 Å². The molecule has 6 heteroatoms. The van der Waals surface area contributed by atoms with Crippen LogP contribution in [-0.4, -0.2) is 22.0 Å². The van der Waals surface area contributed by atoms with E-state index in [1.54, 1.807) is 31.3 Å². The molecule has 2 aromatic rings. The average Bonchev–Trinajstić information content (AvgIpc) is 2.35. The molecule has 6 nitrogen and oxygen atoms in total. The highest BCUT2D eigenvalue weighted by Gasteiger charge is 1.82. The van der Waals surface area contributed by atoms with E-state index < -0.39 is 0 Å². The van der Waals surface area contributed by atoms with Crippen molar-refractivity contribution in [3.05, 3.63) is 36.9 Å². The Balaban J connectivity index is 0.000000160. The van der Waals surface area contributed by atoms with Crippen LogP contribution in [-0.2, 0) is 0 Å². The Hall–Kier alpha value is -2.37. The third kappa shape index (κ3) is 4.23. The molecule has 0 bridgehead atoms. The maximum atomic E-state index is 5.37. The standard InChI is InChI=1S/C6H8N2.C4H6N4/c7-5-1-2-6(8)4-3-5;1-5-4-7-2-6-3-8-4/h1-4H,7-8H2;2-3H,1H3,(H,5,6,7,8). The van der Waals surface area contributed by atoms with E-state index >= 15 is 0 Å². The Morgan fingerprint density at radius 2 is 1.38 bits per heavy atom. The molecule has 1 aromatic carbocycles. The number of hydrogen-bond acceptors (Lipinski definition) is 6. The van der Waals surface area contributed by atoms with Crippen LogP contribution < -0.4 is 16.8 Å². The quantitative estimate of drug-likeness (QED) is 0.611. The number of nitrogens with zero attached hydrogens (tertiary/aromatic N) is 3. The Morgan fingerprint density at radius 1 is 0.938 bits per heavy atom. The summed E-state index contributed by atoms with van der Waals surface area (Å²) in [5.41, 5.74) is 12.2. The highest BCUT2D eigenvalue weighted by Crippen LogP contribution is 2.04. The number of hydrogen-bond donors (Lipinski definition) is 3. The van der Waals surface area contributed by atoms with E-state index in [1.165, 1.54) is 12.7 Å². The van der Waals surface area contributed by atoms with Crippen molar-refractivity contribution in [3.63, 3.8) is 0 Å². The molecule has 0 amide bonds. The minimum Gasteiger partial charge on any atom is -0.399 e. The second kappa shape index (κ2) is 6.18. The largest absolute Gasteiger partial charge is 0.399 e. The molecule has 0 fully saturated rings. The first kappa shape index (κ1) is 11.7. The van der Waals surface area contributed by atoms with Crippen LogP contribution in [0, 0.1) is 0 Å². The highest BCUT2D eigenvalue weighted by molar-refractivity contribution is 5.47. The van der Waals surface area contributed by atoms with Gasteiger partial charge in [-0.25, -0.2) is 15.0 Å². The van der Waals surface area contributed by atoms with E-state index in [9.17, 15) is 0 Å². The van der Waals surface area contributed by atoms with E-state index in [2.05, 4.69) is 20.3 Å². The SMILES string of the molecule is CNc1ncncn1.Nc1ccc(N)cc1. The molecule has 0 aliphatic rings. The molecular weight excluding hydrogens is 204 g/mol. The van der Waals surface area contributed by atoms with Crippen molar-refractivity contribution in [2.45, 2.75) is 0 Å². The van der Waals surface area contributed by atoms with Crippen molar-refractivity contribution in [2.24, 2.45) is 0 Å². The van der Waals surface area contributed by atoms with Crippen LogP contribution in [0.4, 0.5) is 17.3 Å². The molecule has 0 radical (unpaired) electrons. The van der Waals surface area contributed by atoms with Crippen LogP contribution in [0.2, 0.25) is 0 Å². The van der Waals surface area contributed by atoms with Gasteiger partial charge in [0.15, 0.2) is 0 Å². The zero-order chi connectivity index (χ0) is 11.8. The molecule has 0 aliphatic carbocycles. The van der Waals surface area contributed by atoms with Gasteiger partial charge in [0, 0.05) is 18.4 Å². The van der Waals surface area contributed by atoms with Crippen LogP contribution in [0.3, 0.4) is 0 Å². The van der Waals surface area contributed by atoms with Gasteiger partial charge >= 0.3 is 0 Å². The van der Waals surface area contributed by atoms with Gasteiger partial charge < -0.3 is 16.8 Å². The lowest BCUT2D eigenvalue weighted by molar-refractivity contribution is 1.04. The summed E-state index contributed by atoms with van der Waals surface area (Å²) in [5, 5.41) is 2.76. The van der Waals surface area contributed by atoms with Crippen molar-refractivity contribution in [1.82, 2.24) is 15.0 Å². The van der Waals surface area contributed by atoms with Gasteiger partial charge in [-0.15, -0.1) is 0 Å². The molecule has 0 spiro atoms. The van der Waals surface area contributed by atoms with E-state index in [4.69, 9.17) is 11.5 Å². The number of nitrogens with two attached hydrogens (primary N) is 2. The first-order valence-electron chi connectivity index (χ1n) is 4.63. The Morgan fingerprint density at radius 3 is 1.69 bits per heavy atom.